The molecule has 0 unspecified atom stereocenters. The quantitative estimate of drug-likeness (QED) is 0.777. The number of hydrogen-bond donors (Lipinski definition) is 2. The minimum Gasteiger partial charge on any atom is -0.480 e. The van der Waals surface area contributed by atoms with Gasteiger partial charge >= 0.3 is 5.97 Å². The first-order valence-electron chi connectivity index (χ1n) is 4.80. The van der Waals surface area contributed by atoms with Crippen molar-refractivity contribution in [2.75, 3.05) is 5.73 Å². The highest BCUT2D eigenvalue weighted by atomic mass is 16.4. The van der Waals surface area contributed by atoms with Crippen molar-refractivity contribution in [3.05, 3.63) is 17.6 Å². The van der Waals surface area contributed by atoms with E-state index in [0.717, 1.165) is 16.6 Å². The molecule has 16 heavy (non-hydrogen) atoms. The lowest BCUT2D eigenvalue weighted by molar-refractivity contribution is -0.137. The van der Waals surface area contributed by atoms with Gasteiger partial charge in [-0.2, -0.15) is 0 Å². The van der Waals surface area contributed by atoms with Gasteiger partial charge in [0, 0.05) is 5.69 Å². The Bertz CT molecular complexity index is 574. The van der Waals surface area contributed by atoms with Crippen molar-refractivity contribution in [2.45, 2.75) is 20.4 Å². The zero-order valence-corrected chi connectivity index (χ0v) is 9.06. The third-order valence-electron chi connectivity index (χ3n) is 2.73. The number of nitrogens with zero attached hydrogens (tertiary/aromatic N) is 3. The second kappa shape index (κ2) is 3.48. The molecule has 0 amide bonds. The van der Waals surface area contributed by atoms with Crippen LogP contribution in [0.1, 0.15) is 11.3 Å². The minimum atomic E-state index is -0.905. The molecule has 6 nitrogen and oxygen atoms in total. The number of carboxylic acid groups (broad SMARTS) is 1. The molecule has 6 heteroatoms. The summed E-state index contributed by atoms with van der Waals surface area (Å²) in [4.78, 5) is 18.8. The van der Waals surface area contributed by atoms with Crippen LogP contribution in [0.5, 0.6) is 0 Å². The second-order valence-electron chi connectivity index (χ2n) is 3.65. The first kappa shape index (κ1) is 10.4. The lowest BCUT2D eigenvalue weighted by Crippen LogP contribution is -2.10. The first-order chi connectivity index (χ1) is 7.52. The number of rotatable bonds is 2. The van der Waals surface area contributed by atoms with Gasteiger partial charge in [0.05, 0.1) is 5.39 Å². The largest absolute Gasteiger partial charge is 0.480 e. The van der Waals surface area contributed by atoms with Crippen molar-refractivity contribution in [2.24, 2.45) is 0 Å². The maximum absolute atomic E-state index is 10.8. The van der Waals surface area contributed by atoms with Crippen molar-refractivity contribution in [1.29, 1.82) is 0 Å². The van der Waals surface area contributed by atoms with Crippen LogP contribution >= 0.6 is 0 Å². The smallest absolute Gasteiger partial charge is 0.323 e. The first-order valence-corrected chi connectivity index (χ1v) is 4.80. The molecule has 2 rings (SSSR count). The lowest BCUT2D eigenvalue weighted by Gasteiger charge is -2.03. The summed E-state index contributed by atoms with van der Waals surface area (Å²) >= 11 is 0. The van der Waals surface area contributed by atoms with Crippen LogP contribution in [0.25, 0.3) is 11.0 Å². The Morgan fingerprint density at radius 2 is 2.19 bits per heavy atom. The van der Waals surface area contributed by atoms with E-state index in [-0.39, 0.29) is 6.54 Å². The van der Waals surface area contributed by atoms with Crippen LogP contribution in [0.15, 0.2) is 6.33 Å². The van der Waals surface area contributed by atoms with Crippen molar-refractivity contribution in [1.82, 2.24) is 14.5 Å². The molecule has 2 heterocycles. The molecule has 2 aromatic heterocycles. The van der Waals surface area contributed by atoms with Crippen LogP contribution in [0.4, 0.5) is 5.82 Å². The molecule has 0 aromatic carbocycles. The van der Waals surface area contributed by atoms with Gasteiger partial charge in [0.15, 0.2) is 0 Å². The van der Waals surface area contributed by atoms with Crippen LogP contribution in [-0.4, -0.2) is 25.6 Å². The minimum absolute atomic E-state index is 0.118. The summed E-state index contributed by atoms with van der Waals surface area (Å²) in [5, 5.41) is 9.57. The van der Waals surface area contributed by atoms with Gasteiger partial charge < -0.3 is 15.4 Å². The number of carboxylic acids is 1. The molecule has 84 valence electrons. The fraction of sp³-hybridized carbons (Fsp3) is 0.300. The van der Waals surface area contributed by atoms with Gasteiger partial charge in [-0.1, -0.05) is 0 Å². The molecule has 0 atom stereocenters. The number of anilines is 1. The van der Waals surface area contributed by atoms with Crippen molar-refractivity contribution >= 4 is 22.8 Å². The van der Waals surface area contributed by atoms with Gasteiger partial charge in [-0.05, 0) is 19.4 Å². The zero-order valence-electron chi connectivity index (χ0n) is 9.06. The van der Waals surface area contributed by atoms with Gasteiger partial charge in [-0.15, -0.1) is 0 Å². The van der Waals surface area contributed by atoms with Crippen LogP contribution in [-0.2, 0) is 11.3 Å². The predicted molar refractivity (Wildman–Crippen MR) is 59.1 cm³/mol. The molecule has 3 N–H and O–H groups in total. The molecule has 0 radical (unpaired) electrons. The van der Waals surface area contributed by atoms with Crippen molar-refractivity contribution in [3.8, 4) is 0 Å². The van der Waals surface area contributed by atoms with Crippen LogP contribution in [0, 0.1) is 13.8 Å². The normalized spacial score (nSPS) is 10.9. The van der Waals surface area contributed by atoms with E-state index in [1.165, 1.54) is 6.33 Å². The van der Waals surface area contributed by atoms with E-state index >= 15 is 0 Å². The fourth-order valence-corrected chi connectivity index (χ4v) is 1.82. The van der Waals surface area contributed by atoms with Crippen LogP contribution in [0.3, 0.4) is 0 Å². The van der Waals surface area contributed by atoms with E-state index in [1.54, 1.807) is 4.57 Å². The van der Waals surface area contributed by atoms with Gasteiger partial charge in [0.1, 0.15) is 24.3 Å². The Kier molecular flexibility index (Phi) is 2.26. The summed E-state index contributed by atoms with van der Waals surface area (Å²) in [6.07, 6.45) is 1.34. The number of aliphatic carboxylic acids is 1. The molecule has 0 fully saturated rings. The Balaban J connectivity index is 2.79. The molecule has 0 aliphatic rings. The number of aromatic nitrogens is 3. The van der Waals surface area contributed by atoms with E-state index in [0.29, 0.717) is 11.5 Å². The molecule has 0 aliphatic carbocycles. The van der Waals surface area contributed by atoms with E-state index in [9.17, 15) is 4.79 Å². The molecule has 0 aliphatic heterocycles. The Morgan fingerprint density at radius 1 is 1.50 bits per heavy atom. The van der Waals surface area contributed by atoms with Crippen molar-refractivity contribution in [3.63, 3.8) is 0 Å². The molecule has 0 spiro atoms. The molecule has 0 bridgehead atoms. The Morgan fingerprint density at radius 3 is 2.81 bits per heavy atom. The number of nitrogens with two attached hydrogens (primary N) is 1. The highest BCUT2D eigenvalue weighted by molar-refractivity contribution is 5.91. The standard InChI is InChI=1S/C10H12N4O2/c1-5-6(2)14(3-7(15)16)10-8(5)9(11)12-4-13-10/h4H,3H2,1-2H3,(H,15,16)(H2,11,12,13). The summed E-state index contributed by atoms with van der Waals surface area (Å²) < 4.78 is 1.63. The summed E-state index contributed by atoms with van der Waals surface area (Å²) in [6, 6.07) is 0. The van der Waals surface area contributed by atoms with Gasteiger partial charge in [-0.3, -0.25) is 4.79 Å². The molecular formula is C10H12N4O2. The molecule has 0 saturated carbocycles. The van der Waals surface area contributed by atoms with E-state index in [1.807, 2.05) is 13.8 Å². The number of hydrogen-bond acceptors (Lipinski definition) is 4. The summed E-state index contributed by atoms with van der Waals surface area (Å²) in [6.45, 7) is 3.61. The Hall–Kier alpha value is -2.11. The predicted octanol–water partition coefficient (Wildman–Crippen LogP) is 0.715. The fourth-order valence-electron chi connectivity index (χ4n) is 1.82. The Labute approximate surface area is 91.7 Å². The van der Waals surface area contributed by atoms with Crippen molar-refractivity contribution < 1.29 is 9.90 Å². The van der Waals surface area contributed by atoms with E-state index in [2.05, 4.69) is 9.97 Å². The average Bonchev–Trinajstić information content (AvgIpc) is 2.44. The van der Waals surface area contributed by atoms with Gasteiger partial charge in [0.2, 0.25) is 0 Å². The maximum atomic E-state index is 10.8. The summed E-state index contributed by atoms with van der Waals surface area (Å²) in [7, 11) is 0. The average molecular weight is 220 g/mol. The monoisotopic (exact) mass is 220 g/mol. The van der Waals surface area contributed by atoms with E-state index < -0.39 is 5.97 Å². The summed E-state index contributed by atoms with van der Waals surface area (Å²) in [5.41, 5.74) is 8.11. The third kappa shape index (κ3) is 1.39. The molecule has 0 saturated heterocycles. The number of carbonyl (C=O) groups is 1. The van der Waals surface area contributed by atoms with Crippen LogP contribution in [0.2, 0.25) is 0 Å². The highest BCUT2D eigenvalue weighted by Crippen LogP contribution is 2.26. The van der Waals surface area contributed by atoms with Gasteiger partial charge in [0.25, 0.3) is 0 Å². The topological polar surface area (TPSA) is 94.0 Å². The highest BCUT2D eigenvalue weighted by Gasteiger charge is 2.16. The molecular weight excluding hydrogens is 208 g/mol. The maximum Gasteiger partial charge on any atom is 0.323 e. The number of aryl methyl sites for hydroxylation is 1. The second-order valence-corrected chi connectivity index (χ2v) is 3.65. The van der Waals surface area contributed by atoms with Gasteiger partial charge in [-0.25, -0.2) is 9.97 Å². The third-order valence-corrected chi connectivity index (χ3v) is 2.73. The molecule has 2 aromatic rings. The lowest BCUT2D eigenvalue weighted by atomic mass is 10.2. The summed E-state index contributed by atoms with van der Waals surface area (Å²) in [5.74, 6) is -0.521. The zero-order chi connectivity index (χ0) is 11.9. The number of fused-ring (bicyclic) bond motifs is 1. The van der Waals surface area contributed by atoms with Crippen LogP contribution < -0.4 is 5.73 Å². The SMILES string of the molecule is Cc1c(C)n(CC(=O)O)c2ncnc(N)c12. The van der Waals surface area contributed by atoms with E-state index in [4.69, 9.17) is 10.8 Å². The number of nitrogen functional groups attached to an aromatic ring is 1.